The van der Waals surface area contributed by atoms with E-state index in [0.29, 0.717) is 0 Å². The fraction of sp³-hybridized carbons (Fsp3) is 0.438. The van der Waals surface area contributed by atoms with Gasteiger partial charge in [0.25, 0.3) is 0 Å². The third kappa shape index (κ3) is 5.54. The van der Waals surface area contributed by atoms with Crippen molar-refractivity contribution in [1.29, 1.82) is 0 Å². The summed E-state index contributed by atoms with van der Waals surface area (Å²) in [6, 6.07) is 7.67. The van der Waals surface area contributed by atoms with Gasteiger partial charge in [0.05, 0.1) is 13.3 Å². The fourth-order valence-corrected chi connectivity index (χ4v) is 1.60. The second-order valence-corrected chi connectivity index (χ2v) is 4.06. The number of para-hydroxylation sites is 2. The number of methoxy groups -OCH3 is 1. The molecule has 1 aromatic carbocycles. The van der Waals surface area contributed by atoms with Crippen LogP contribution in [-0.4, -0.2) is 13.3 Å². The van der Waals surface area contributed by atoms with Crippen molar-refractivity contribution >= 4 is 11.9 Å². The highest BCUT2D eigenvalue weighted by Gasteiger charge is 1.96. The van der Waals surface area contributed by atoms with E-state index in [2.05, 4.69) is 23.8 Å². The molecule has 0 saturated heterocycles. The predicted octanol–water partition coefficient (Wildman–Crippen LogP) is 4.37. The third-order valence-electron chi connectivity index (χ3n) is 2.61. The summed E-state index contributed by atoms with van der Waals surface area (Å²) in [5, 5.41) is 0. The first-order valence-electron chi connectivity index (χ1n) is 6.52. The van der Waals surface area contributed by atoms with E-state index in [4.69, 9.17) is 4.74 Å². The van der Waals surface area contributed by atoms with Crippen molar-refractivity contribution in [2.45, 2.75) is 39.0 Å². The first-order chi connectivity index (χ1) is 8.88. The van der Waals surface area contributed by atoms with Crippen molar-refractivity contribution in [3.63, 3.8) is 0 Å². The van der Waals surface area contributed by atoms with Crippen LogP contribution in [0.25, 0.3) is 0 Å². The molecule has 0 bridgehead atoms. The zero-order valence-electron chi connectivity index (χ0n) is 11.3. The molecule has 0 saturated carbocycles. The topological polar surface area (TPSA) is 21.6 Å². The summed E-state index contributed by atoms with van der Waals surface area (Å²) in [4.78, 5) is 4.29. The van der Waals surface area contributed by atoms with E-state index in [1.165, 1.54) is 25.7 Å². The Labute approximate surface area is 110 Å². The van der Waals surface area contributed by atoms with Gasteiger partial charge in [-0.15, -0.1) is 0 Å². The monoisotopic (exact) mass is 243 g/mol. The standard InChI is InChI=1S/C16H21NO/c1-3-4-5-6-7-8-11-14-17-15-12-9-10-13-16(15)18-2/h9-10,12-14H,3-7H2,1-2H3. The predicted molar refractivity (Wildman–Crippen MR) is 77.7 cm³/mol. The van der Waals surface area contributed by atoms with E-state index in [1.54, 1.807) is 13.3 Å². The molecule has 0 amide bonds. The summed E-state index contributed by atoms with van der Waals surface area (Å²) in [7, 11) is 1.65. The molecule has 0 spiro atoms. The third-order valence-corrected chi connectivity index (χ3v) is 2.61. The zero-order chi connectivity index (χ0) is 13.1. The highest BCUT2D eigenvalue weighted by atomic mass is 16.5. The molecule has 1 aromatic rings. The van der Waals surface area contributed by atoms with Gasteiger partial charge in [0, 0.05) is 6.42 Å². The van der Waals surface area contributed by atoms with E-state index >= 15 is 0 Å². The van der Waals surface area contributed by atoms with Crippen molar-refractivity contribution in [2.24, 2.45) is 4.99 Å². The van der Waals surface area contributed by atoms with Crippen LogP contribution >= 0.6 is 0 Å². The Bertz CT molecular complexity index is 426. The number of rotatable bonds is 6. The molecule has 0 N–H and O–H groups in total. The lowest BCUT2D eigenvalue weighted by atomic mass is 10.2. The number of unbranched alkanes of at least 4 members (excludes halogenated alkanes) is 4. The van der Waals surface area contributed by atoms with Gasteiger partial charge in [-0.1, -0.05) is 50.2 Å². The Morgan fingerprint density at radius 1 is 1.22 bits per heavy atom. The Morgan fingerprint density at radius 3 is 2.83 bits per heavy atom. The lowest BCUT2D eigenvalue weighted by molar-refractivity contribution is 0.416. The second-order valence-electron chi connectivity index (χ2n) is 4.06. The van der Waals surface area contributed by atoms with Gasteiger partial charge >= 0.3 is 0 Å². The minimum atomic E-state index is 0.776. The van der Waals surface area contributed by atoms with Gasteiger partial charge in [-0.25, -0.2) is 4.99 Å². The van der Waals surface area contributed by atoms with Gasteiger partial charge < -0.3 is 4.74 Å². The van der Waals surface area contributed by atoms with E-state index in [1.807, 2.05) is 24.3 Å². The molecule has 0 atom stereocenters. The van der Waals surface area contributed by atoms with Gasteiger partial charge in [-0.3, -0.25) is 0 Å². The van der Waals surface area contributed by atoms with E-state index in [-0.39, 0.29) is 0 Å². The first-order valence-corrected chi connectivity index (χ1v) is 6.52. The van der Waals surface area contributed by atoms with Crippen molar-refractivity contribution < 1.29 is 4.74 Å². The number of benzene rings is 1. The minimum Gasteiger partial charge on any atom is -0.494 e. The molecule has 0 aromatic heterocycles. The number of hydrogen-bond acceptors (Lipinski definition) is 2. The average Bonchev–Trinajstić information content (AvgIpc) is 2.42. The van der Waals surface area contributed by atoms with Gasteiger partial charge in [-0.2, -0.15) is 0 Å². The molecule has 18 heavy (non-hydrogen) atoms. The molecule has 1 rings (SSSR count). The summed E-state index contributed by atoms with van der Waals surface area (Å²) < 4.78 is 5.21. The maximum Gasteiger partial charge on any atom is 0.144 e. The molecule has 2 heteroatoms. The summed E-state index contributed by atoms with van der Waals surface area (Å²) in [6.07, 6.45) is 7.63. The Kier molecular flexibility index (Phi) is 7.39. The lowest BCUT2D eigenvalue weighted by Crippen LogP contribution is -1.82. The van der Waals surface area contributed by atoms with E-state index in [9.17, 15) is 0 Å². The van der Waals surface area contributed by atoms with Crippen LogP contribution in [0.5, 0.6) is 5.75 Å². The van der Waals surface area contributed by atoms with Crippen LogP contribution in [0.2, 0.25) is 0 Å². The number of ether oxygens (including phenoxy) is 1. The van der Waals surface area contributed by atoms with Crippen LogP contribution in [-0.2, 0) is 0 Å². The highest BCUT2D eigenvalue weighted by Crippen LogP contribution is 2.25. The number of hydrogen-bond donors (Lipinski definition) is 0. The molecular formula is C16H21NO. The van der Waals surface area contributed by atoms with Gasteiger partial charge in [0.15, 0.2) is 0 Å². The maximum atomic E-state index is 5.21. The van der Waals surface area contributed by atoms with E-state index in [0.717, 1.165) is 17.9 Å². The molecule has 0 heterocycles. The van der Waals surface area contributed by atoms with Crippen LogP contribution in [0.4, 0.5) is 5.69 Å². The Balaban J connectivity index is 2.38. The van der Waals surface area contributed by atoms with Crippen LogP contribution in [0, 0.1) is 11.8 Å². The zero-order valence-corrected chi connectivity index (χ0v) is 11.3. The average molecular weight is 243 g/mol. The SMILES string of the molecule is CCCCCCC#CC=Nc1ccccc1OC. The Morgan fingerprint density at radius 2 is 2.06 bits per heavy atom. The highest BCUT2D eigenvalue weighted by molar-refractivity contribution is 5.81. The first kappa shape index (κ1) is 14.3. The molecule has 2 nitrogen and oxygen atoms in total. The van der Waals surface area contributed by atoms with Crippen molar-refractivity contribution in [1.82, 2.24) is 0 Å². The van der Waals surface area contributed by atoms with Crippen LogP contribution < -0.4 is 4.74 Å². The van der Waals surface area contributed by atoms with Crippen LogP contribution in [0.15, 0.2) is 29.3 Å². The smallest absolute Gasteiger partial charge is 0.144 e. The van der Waals surface area contributed by atoms with Crippen LogP contribution in [0.3, 0.4) is 0 Å². The van der Waals surface area contributed by atoms with E-state index < -0.39 is 0 Å². The maximum absolute atomic E-state index is 5.21. The fourth-order valence-electron chi connectivity index (χ4n) is 1.60. The lowest BCUT2D eigenvalue weighted by Gasteiger charge is -2.01. The van der Waals surface area contributed by atoms with Crippen molar-refractivity contribution in [3.8, 4) is 17.6 Å². The van der Waals surface area contributed by atoms with Gasteiger partial charge in [0.1, 0.15) is 11.4 Å². The normalized spacial score (nSPS) is 10.1. The molecular weight excluding hydrogens is 222 g/mol. The molecule has 0 aliphatic heterocycles. The molecule has 96 valence electrons. The quantitative estimate of drug-likeness (QED) is 0.413. The van der Waals surface area contributed by atoms with Crippen LogP contribution in [0.1, 0.15) is 39.0 Å². The second kappa shape index (κ2) is 9.30. The summed E-state index contributed by atoms with van der Waals surface area (Å²) in [5.41, 5.74) is 0.820. The van der Waals surface area contributed by atoms with Gasteiger partial charge in [0.2, 0.25) is 0 Å². The molecule has 0 unspecified atom stereocenters. The number of aliphatic imine (C=N–C) groups is 1. The number of nitrogens with zero attached hydrogens (tertiary/aromatic N) is 1. The van der Waals surface area contributed by atoms with Crippen molar-refractivity contribution in [2.75, 3.05) is 7.11 Å². The van der Waals surface area contributed by atoms with Gasteiger partial charge in [-0.05, 0) is 18.6 Å². The summed E-state index contributed by atoms with van der Waals surface area (Å²) in [5.74, 6) is 6.85. The largest absolute Gasteiger partial charge is 0.494 e. The summed E-state index contributed by atoms with van der Waals surface area (Å²) >= 11 is 0. The molecule has 0 fully saturated rings. The van der Waals surface area contributed by atoms with Crippen molar-refractivity contribution in [3.05, 3.63) is 24.3 Å². The molecule has 0 aliphatic rings. The Hall–Kier alpha value is -1.75. The molecule has 0 radical (unpaired) electrons. The minimum absolute atomic E-state index is 0.776. The summed E-state index contributed by atoms with van der Waals surface area (Å²) in [6.45, 7) is 2.21. The molecule has 0 aliphatic carbocycles.